The number of hydrogen-bond donors (Lipinski definition) is 3. The van der Waals surface area contributed by atoms with Gasteiger partial charge in [0.05, 0.1) is 18.7 Å². The molecule has 2 aliphatic heterocycles. The average molecular weight is 394 g/mol. The highest BCUT2D eigenvalue weighted by molar-refractivity contribution is 5.95. The van der Waals surface area contributed by atoms with E-state index >= 15 is 0 Å². The van der Waals surface area contributed by atoms with Crippen LogP contribution in [-0.4, -0.2) is 53.8 Å². The molecular weight excluding hydrogens is 368 g/mol. The number of urea groups is 2. The molecule has 0 aliphatic carbocycles. The number of hydrogen-bond acceptors (Lipinski definition) is 3. The second-order valence-electron chi connectivity index (χ2n) is 7.45. The lowest BCUT2D eigenvalue weighted by Gasteiger charge is -2.58. The van der Waals surface area contributed by atoms with Gasteiger partial charge in [0.1, 0.15) is 0 Å². The summed E-state index contributed by atoms with van der Waals surface area (Å²) in [6, 6.07) is 16.1. The maximum atomic E-state index is 13.0. The SMILES string of the molecule is CCCNC(=O)N1C[C@@H]2[C@H](c3ccccc31)[C@H](CO)N2C(=O)Nc1ccccc1. The van der Waals surface area contributed by atoms with E-state index in [1.165, 1.54) is 0 Å². The Morgan fingerprint density at radius 2 is 1.79 bits per heavy atom. The molecule has 3 N–H and O–H groups in total. The molecule has 2 aliphatic rings. The van der Waals surface area contributed by atoms with E-state index < -0.39 is 0 Å². The van der Waals surface area contributed by atoms with Gasteiger partial charge in [-0.25, -0.2) is 9.59 Å². The number of likely N-dealkylation sites (tertiary alicyclic amines) is 1. The van der Waals surface area contributed by atoms with Gasteiger partial charge in [-0.05, 0) is 30.2 Å². The van der Waals surface area contributed by atoms with Crippen LogP contribution in [0.2, 0.25) is 0 Å². The number of carbonyl (C=O) groups excluding carboxylic acids is 2. The first-order valence-electron chi connectivity index (χ1n) is 10.0. The third kappa shape index (κ3) is 3.42. The molecule has 0 aromatic heterocycles. The van der Waals surface area contributed by atoms with Crippen LogP contribution in [0.25, 0.3) is 0 Å². The van der Waals surface area contributed by atoms with Crippen LogP contribution >= 0.6 is 0 Å². The Kier molecular flexibility index (Phi) is 5.40. The molecule has 0 unspecified atom stereocenters. The maximum absolute atomic E-state index is 13.0. The molecule has 2 heterocycles. The minimum absolute atomic E-state index is 0.00736. The number of para-hydroxylation sites is 2. The zero-order valence-corrected chi connectivity index (χ0v) is 16.4. The molecule has 1 saturated heterocycles. The van der Waals surface area contributed by atoms with Crippen LogP contribution in [0.4, 0.5) is 21.0 Å². The zero-order chi connectivity index (χ0) is 20.4. The number of amides is 4. The summed E-state index contributed by atoms with van der Waals surface area (Å²) >= 11 is 0. The molecule has 3 atom stereocenters. The third-order valence-corrected chi connectivity index (χ3v) is 5.72. The minimum Gasteiger partial charge on any atom is -0.394 e. The third-order valence-electron chi connectivity index (χ3n) is 5.72. The lowest BCUT2D eigenvalue weighted by molar-refractivity contribution is -0.00195. The molecule has 0 radical (unpaired) electrons. The fourth-order valence-electron chi connectivity index (χ4n) is 4.40. The van der Waals surface area contributed by atoms with Gasteiger partial charge in [-0.3, -0.25) is 4.90 Å². The zero-order valence-electron chi connectivity index (χ0n) is 16.4. The summed E-state index contributed by atoms with van der Waals surface area (Å²) in [6.45, 7) is 2.88. The van der Waals surface area contributed by atoms with E-state index in [4.69, 9.17) is 0 Å². The van der Waals surface area contributed by atoms with E-state index in [9.17, 15) is 14.7 Å². The molecule has 7 heteroatoms. The first-order chi connectivity index (χ1) is 14.2. The van der Waals surface area contributed by atoms with Crippen LogP contribution in [0.1, 0.15) is 24.8 Å². The van der Waals surface area contributed by atoms with Crippen LogP contribution < -0.4 is 15.5 Å². The molecule has 4 rings (SSSR count). The number of nitrogens with one attached hydrogen (secondary N) is 2. The van der Waals surface area contributed by atoms with Crippen LogP contribution in [0, 0.1) is 0 Å². The van der Waals surface area contributed by atoms with E-state index in [1.807, 2.05) is 61.5 Å². The van der Waals surface area contributed by atoms with E-state index in [-0.39, 0.29) is 36.7 Å². The monoisotopic (exact) mass is 394 g/mol. The molecule has 0 saturated carbocycles. The normalized spacial score (nSPS) is 22.2. The number of aliphatic hydroxyl groups is 1. The van der Waals surface area contributed by atoms with Gasteiger partial charge in [-0.1, -0.05) is 43.3 Å². The van der Waals surface area contributed by atoms with Gasteiger partial charge in [0.15, 0.2) is 0 Å². The van der Waals surface area contributed by atoms with E-state index in [1.54, 1.807) is 9.80 Å². The Balaban J connectivity index is 1.61. The summed E-state index contributed by atoms with van der Waals surface area (Å²) in [5, 5.41) is 15.8. The van der Waals surface area contributed by atoms with Gasteiger partial charge in [0, 0.05) is 30.4 Å². The highest BCUT2D eigenvalue weighted by atomic mass is 16.3. The second kappa shape index (κ2) is 8.13. The Morgan fingerprint density at radius 1 is 1.07 bits per heavy atom. The molecule has 0 spiro atoms. The number of aliphatic hydroxyl groups excluding tert-OH is 1. The largest absolute Gasteiger partial charge is 0.394 e. The second-order valence-corrected chi connectivity index (χ2v) is 7.45. The Bertz CT molecular complexity index is 889. The number of fused-ring (bicyclic) bond motifs is 3. The van der Waals surface area contributed by atoms with Crippen LogP contribution in [0.15, 0.2) is 54.6 Å². The standard InChI is InChI=1S/C22H26N4O3/c1-2-12-23-21(28)25-13-18-20(16-10-6-7-11-17(16)25)19(14-27)26(18)22(29)24-15-8-4-3-5-9-15/h3-11,18-20,27H,2,12-14H2,1H3,(H,23,28)(H,24,29)/t18-,19+,20+/m1/s1. The molecular formula is C22H26N4O3. The van der Waals surface area contributed by atoms with E-state index in [0.717, 1.165) is 17.7 Å². The van der Waals surface area contributed by atoms with Crippen molar-refractivity contribution in [2.24, 2.45) is 0 Å². The summed E-state index contributed by atoms with van der Waals surface area (Å²) in [6.07, 6.45) is 0.853. The van der Waals surface area contributed by atoms with E-state index in [2.05, 4.69) is 10.6 Å². The summed E-state index contributed by atoms with van der Waals surface area (Å²) in [5.41, 5.74) is 2.55. The van der Waals surface area contributed by atoms with Crippen molar-refractivity contribution in [2.45, 2.75) is 31.3 Å². The number of carbonyl (C=O) groups is 2. The van der Waals surface area contributed by atoms with Crippen molar-refractivity contribution >= 4 is 23.4 Å². The average Bonchev–Trinajstić information content (AvgIpc) is 2.73. The van der Waals surface area contributed by atoms with Crippen molar-refractivity contribution in [1.29, 1.82) is 0 Å². The topological polar surface area (TPSA) is 84.9 Å². The fraction of sp³-hybridized carbons (Fsp3) is 0.364. The summed E-state index contributed by atoms with van der Waals surface area (Å²) in [5.74, 6) is 0.00736. The molecule has 7 nitrogen and oxygen atoms in total. The predicted molar refractivity (Wildman–Crippen MR) is 112 cm³/mol. The lowest BCUT2D eigenvalue weighted by Crippen LogP contribution is -2.71. The molecule has 0 bridgehead atoms. The molecule has 2 aromatic carbocycles. The van der Waals surface area contributed by atoms with Gasteiger partial charge in [0.2, 0.25) is 0 Å². The van der Waals surface area contributed by atoms with Crippen molar-refractivity contribution in [1.82, 2.24) is 10.2 Å². The van der Waals surface area contributed by atoms with Crippen molar-refractivity contribution in [2.75, 3.05) is 29.9 Å². The smallest absolute Gasteiger partial charge is 0.322 e. The Hall–Kier alpha value is -3.06. The number of benzene rings is 2. The van der Waals surface area contributed by atoms with Crippen molar-refractivity contribution in [3.05, 3.63) is 60.2 Å². The molecule has 152 valence electrons. The number of nitrogens with zero attached hydrogens (tertiary/aromatic N) is 2. The maximum Gasteiger partial charge on any atom is 0.322 e. The van der Waals surface area contributed by atoms with Crippen LogP contribution in [-0.2, 0) is 0 Å². The van der Waals surface area contributed by atoms with Gasteiger partial charge in [-0.15, -0.1) is 0 Å². The van der Waals surface area contributed by atoms with E-state index in [0.29, 0.717) is 18.8 Å². The molecule has 2 aromatic rings. The lowest BCUT2D eigenvalue weighted by atomic mass is 9.72. The first kappa shape index (κ1) is 19.3. The number of anilines is 2. The fourth-order valence-corrected chi connectivity index (χ4v) is 4.40. The summed E-state index contributed by atoms with van der Waals surface area (Å²) in [7, 11) is 0. The molecule has 1 fully saturated rings. The van der Waals surface area contributed by atoms with Crippen molar-refractivity contribution < 1.29 is 14.7 Å². The highest BCUT2D eigenvalue weighted by Gasteiger charge is 2.55. The molecule has 4 amide bonds. The summed E-state index contributed by atoms with van der Waals surface area (Å²) in [4.78, 5) is 29.1. The van der Waals surface area contributed by atoms with Crippen molar-refractivity contribution in [3.8, 4) is 0 Å². The minimum atomic E-state index is -0.314. The summed E-state index contributed by atoms with van der Waals surface area (Å²) < 4.78 is 0. The van der Waals surface area contributed by atoms with Crippen molar-refractivity contribution in [3.63, 3.8) is 0 Å². The molecule has 29 heavy (non-hydrogen) atoms. The van der Waals surface area contributed by atoms with Gasteiger partial charge >= 0.3 is 12.1 Å². The van der Waals surface area contributed by atoms with Gasteiger partial charge in [-0.2, -0.15) is 0 Å². The number of rotatable bonds is 4. The highest BCUT2D eigenvalue weighted by Crippen LogP contribution is 2.48. The van der Waals surface area contributed by atoms with Crippen LogP contribution in [0.5, 0.6) is 0 Å². The van der Waals surface area contributed by atoms with Crippen LogP contribution in [0.3, 0.4) is 0 Å². The Labute approximate surface area is 170 Å². The predicted octanol–water partition coefficient (Wildman–Crippen LogP) is 2.99. The quantitative estimate of drug-likeness (QED) is 0.745. The van der Waals surface area contributed by atoms with Gasteiger partial charge in [0.25, 0.3) is 0 Å². The van der Waals surface area contributed by atoms with Gasteiger partial charge < -0.3 is 20.6 Å². The Morgan fingerprint density at radius 3 is 2.52 bits per heavy atom. The first-order valence-corrected chi connectivity index (χ1v) is 10.0.